The highest BCUT2D eigenvalue weighted by atomic mass is 32.2. The van der Waals surface area contributed by atoms with E-state index in [0.717, 1.165) is 22.5 Å². The summed E-state index contributed by atoms with van der Waals surface area (Å²) in [5.41, 5.74) is 3.46. The molecule has 1 aromatic heterocycles. The zero-order valence-corrected chi connectivity index (χ0v) is 16.7. The number of rotatable bonds is 7. The monoisotopic (exact) mass is 394 g/mol. The molecule has 0 aliphatic rings. The molecule has 0 radical (unpaired) electrons. The quantitative estimate of drug-likeness (QED) is 0.357. The molecule has 7 heteroatoms. The van der Waals surface area contributed by atoms with Crippen LogP contribution in [-0.4, -0.2) is 31.5 Å². The standard InChI is InChI=1S/C21H22N4O2S/c1-4-10-25-20(16-7-5-6-14(2)11-16)23-24-21(25)28-13-19(27)22-17-12-15(3)8-9-18(17)26/h4-9,11-12,26H,1,10,13H2,2-3H3,(H,22,27). The first-order chi connectivity index (χ1) is 13.5. The second-order valence-corrected chi connectivity index (χ2v) is 7.37. The zero-order chi connectivity index (χ0) is 20.1. The Morgan fingerprint density at radius 3 is 2.75 bits per heavy atom. The van der Waals surface area contributed by atoms with Gasteiger partial charge < -0.3 is 10.4 Å². The number of anilines is 1. The molecule has 0 unspecified atom stereocenters. The highest BCUT2D eigenvalue weighted by molar-refractivity contribution is 7.99. The number of aromatic hydroxyl groups is 1. The van der Waals surface area contributed by atoms with Gasteiger partial charge in [-0.3, -0.25) is 9.36 Å². The number of hydrogen-bond donors (Lipinski definition) is 2. The average molecular weight is 395 g/mol. The molecular formula is C21H22N4O2S. The number of benzene rings is 2. The third-order valence-electron chi connectivity index (χ3n) is 4.06. The summed E-state index contributed by atoms with van der Waals surface area (Å²) < 4.78 is 1.93. The molecule has 0 spiro atoms. The Morgan fingerprint density at radius 2 is 2.00 bits per heavy atom. The largest absolute Gasteiger partial charge is 0.506 e. The highest BCUT2D eigenvalue weighted by Gasteiger charge is 2.15. The van der Waals surface area contributed by atoms with Crippen LogP contribution < -0.4 is 5.32 Å². The Kier molecular flexibility index (Phi) is 6.16. The Bertz CT molecular complexity index is 1010. The van der Waals surface area contributed by atoms with Gasteiger partial charge in [0.2, 0.25) is 5.91 Å². The summed E-state index contributed by atoms with van der Waals surface area (Å²) in [6, 6.07) is 13.1. The molecule has 0 saturated carbocycles. The first-order valence-corrected chi connectivity index (χ1v) is 9.80. The van der Waals surface area contributed by atoms with Crippen molar-refractivity contribution in [1.29, 1.82) is 0 Å². The smallest absolute Gasteiger partial charge is 0.234 e. The molecule has 2 aromatic carbocycles. The van der Waals surface area contributed by atoms with Gasteiger partial charge in [-0.1, -0.05) is 47.7 Å². The number of phenols is 1. The van der Waals surface area contributed by atoms with E-state index in [-0.39, 0.29) is 17.4 Å². The summed E-state index contributed by atoms with van der Waals surface area (Å²) in [7, 11) is 0. The van der Waals surface area contributed by atoms with Crippen molar-refractivity contribution in [2.24, 2.45) is 0 Å². The first-order valence-electron chi connectivity index (χ1n) is 8.81. The Balaban J connectivity index is 1.74. The van der Waals surface area contributed by atoms with Crippen LogP contribution in [0.15, 0.2) is 60.3 Å². The fourth-order valence-electron chi connectivity index (χ4n) is 2.75. The van der Waals surface area contributed by atoms with Gasteiger partial charge in [0, 0.05) is 12.1 Å². The average Bonchev–Trinajstić information content (AvgIpc) is 3.06. The third kappa shape index (κ3) is 4.61. The molecular weight excluding hydrogens is 372 g/mol. The molecule has 28 heavy (non-hydrogen) atoms. The van der Waals surface area contributed by atoms with Crippen LogP contribution in [0.4, 0.5) is 5.69 Å². The van der Waals surface area contributed by atoms with Crippen molar-refractivity contribution < 1.29 is 9.90 Å². The fourth-order valence-corrected chi connectivity index (χ4v) is 3.50. The summed E-state index contributed by atoms with van der Waals surface area (Å²) >= 11 is 1.29. The molecule has 144 valence electrons. The SMILES string of the molecule is C=CCn1c(SCC(=O)Nc2cc(C)ccc2O)nnc1-c1cccc(C)c1. The van der Waals surface area contributed by atoms with E-state index in [1.807, 2.05) is 42.7 Å². The predicted molar refractivity (Wildman–Crippen MR) is 113 cm³/mol. The molecule has 0 saturated heterocycles. The minimum atomic E-state index is -0.226. The van der Waals surface area contributed by atoms with E-state index in [4.69, 9.17) is 0 Å². The van der Waals surface area contributed by atoms with Crippen LogP contribution in [0.3, 0.4) is 0 Å². The van der Waals surface area contributed by atoms with Gasteiger partial charge in [0.05, 0.1) is 11.4 Å². The number of amides is 1. The minimum Gasteiger partial charge on any atom is -0.506 e. The number of thioether (sulfide) groups is 1. The van der Waals surface area contributed by atoms with Gasteiger partial charge in [0.15, 0.2) is 11.0 Å². The molecule has 0 atom stereocenters. The van der Waals surface area contributed by atoms with Crippen molar-refractivity contribution in [3.8, 4) is 17.1 Å². The van der Waals surface area contributed by atoms with Crippen molar-refractivity contribution in [2.45, 2.75) is 25.5 Å². The molecule has 1 amide bonds. The highest BCUT2D eigenvalue weighted by Crippen LogP contribution is 2.26. The van der Waals surface area contributed by atoms with Gasteiger partial charge in [-0.25, -0.2) is 0 Å². The van der Waals surface area contributed by atoms with Gasteiger partial charge >= 0.3 is 0 Å². The van der Waals surface area contributed by atoms with Crippen LogP contribution in [0.2, 0.25) is 0 Å². The number of nitrogens with one attached hydrogen (secondary N) is 1. The maximum absolute atomic E-state index is 12.3. The fraction of sp³-hybridized carbons (Fsp3) is 0.190. The lowest BCUT2D eigenvalue weighted by molar-refractivity contribution is -0.113. The predicted octanol–water partition coefficient (Wildman–Crippen LogP) is 4.18. The van der Waals surface area contributed by atoms with E-state index in [1.165, 1.54) is 11.8 Å². The van der Waals surface area contributed by atoms with E-state index in [1.54, 1.807) is 24.3 Å². The number of nitrogens with zero attached hydrogens (tertiary/aromatic N) is 3. The first kappa shape index (κ1) is 19.7. The second kappa shape index (κ2) is 8.75. The number of phenolic OH excluding ortho intramolecular Hbond substituents is 1. The minimum absolute atomic E-state index is 0.0421. The number of carbonyl (C=O) groups is 1. The molecule has 2 N–H and O–H groups in total. The molecule has 0 aliphatic heterocycles. The molecule has 0 fully saturated rings. The summed E-state index contributed by atoms with van der Waals surface area (Å²) in [6.45, 7) is 8.27. The number of carbonyl (C=O) groups excluding carboxylic acids is 1. The molecule has 0 bridgehead atoms. The number of allylic oxidation sites excluding steroid dienone is 1. The molecule has 3 aromatic rings. The third-order valence-corrected chi connectivity index (χ3v) is 5.03. The van der Waals surface area contributed by atoms with E-state index in [9.17, 15) is 9.90 Å². The van der Waals surface area contributed by atoms with E-state index >= 15 is 0 Å². The Labute approximate surface area is 168 Å². The number of hydrogen-bond acceptors (Lipinski definition) is 5. The van der Waals surface area contributed by atoms with Crippen LogP contribution in [-0.2, 0) is 11.3 Å². The van der Waals surface area contributed by atoms with E-state index in [0.29, 0.717) is 17.4 Å². The van der Waals surface area contributed by atoms with Gasteiger partial charge in [0.25, 0.3) is 0 Å². The van der Waals surface area contributed by atoms with Crippen LogP contribution in [0, 0.1) is 13.8 Å². The van der Waals surface area contributed by atoms with Crippen molar-refractivity contribution >= 4 is 23.4 Å². The van der Waals surface area contributed by atoms with Crippen molar-refractivity contribution in [2.75, 3.05) is 11.1 Å². The van der Waals surface area contributed by atoms with Gasteiger partial charge in [-0.05, 0) is 37.6 Å². The van der Waals surface area contributed by atoms with Crippen molar-refractivity contribution in [3.05, 3.63) is 66.2 Å². The Hall–Kier alpha value is -3.06. The number of aromatic nitrogens is 3. The normalized spacial score (nSPS) is 10.6. The summed E-state index contributed by atoms with van der Waals surface area (Å²) in [4.78, 5) is 12.3. The lowest BCUT2D eigenvalue weighted by Gasteiger charge is -2.09. The lowest BCUT2D eigenvalue weighted by Crippen LogP contribution is -2.15. The molecule has 0 aliphatic carbocycles. The molecule has 1 heterocycles. The summed E-state index contributed by atoms with van der Waals surface area (Å²) in [5, 5.41) is 21.8. The summed E-state index contributed by atoms with van der Waals surface area (Å²) in [5.74, 6) is 0.704. The van der Waals surface area contributed by atoms with Crippen LogP contribution >= 0.6 is 11.8 Å². The zero-order valence-electron chi connectivity index (χ0n) is 15.8. The van der Waals surface area contributed by atoms with E-state index < -0.39 is 0 Å². The lowest BCUT2D eigenvalue weighted by atomic mass is 10.1. The summed E-state index contributed by atoms with van der Waals surface area (Å²) in [6.07, 6.45) is 1.78. The maximum Gasteiger partial charge on any atom is 0.234 e. The van der Waals surface area contributed by atoms with Gasteiger partial charge in [-0.15, -0.1) is 16.8 Å². The molecule has 3 rings (SSSR count). The van der Waals surface area contributed by atoms with Crippen molar-refractivity contribution in [1.82, 2.24) is 14.8 Å². The van der Waals surface area contributed by atoms with Crippen molar-refractivity contribution in [3.63, 3.8) is 0 Å². The topological polar surface area (TPSA) is 80.0 Å². The second-order valence-electron chi connectivity index (χ2n) is 6.43. The van der Waals surface area contributed by atoms with Gasteiger partial charge in [-0.2, -0.15) is 0 Å². The van der Waals surface area contributed by atoms with Crippen LogP contribution in [0.1, 0.15) is 11.1 Å². The van der Waals surface area contributed by atoms with Gasteiger partial charge in [0.1, 0.15) is 5.75 Å². The Morgan fingerprint density at radius 1 is 1.21 bits per heavy atom. The molecule has 6 nitrogen and oxygen atoms in total. The van der Waals surface area contributed by atoms with Crippen LogP contribution in [0.25, 0.3) is 11.4 Å². The maximum atomic E-state index is 12.3. The van der Waals surface area contributed by atoms with E-state index in [2.05, 4.69) is 22.1 Å². The van der Waals surface area contributed by atoms with Crippen LogP contribution in [0.5, 0.6) is 5.75 Å². The number of aryl methyl sites for hydroxylation is 2.